The number of carbonyl (C=O) groups excluding carboxylic acids is 2. The molecule has 1 atom stereocenters. The predicted octanol–water partition coefficient (Wildman–Crippen LogP) is 3.14. The summed E-state index contributed by atoms with van der Waals surface area (Å²) in [5, 5.41) is 2.39. The number of benzene rings is 2. The van der Waals surface area contributed by atoms with Crippen LogP contribution in [0.25, 0.3) is 0 Å². The fourth-order valence-corrected chi connectivity index (χ4v) is 2.52. The van der Waals surface area contributed by atoms with Crippen LogP contribution in [0.2, 0.25) is 0 Å². The first kappa shape index (κ1) is 19.2. The van der Waals surface area contributed by atoms with E-state index < -0.39 is 29.6 Å². The highest BCUT2D eigenvalue weighted by Crippen LogP contribution is 2.29. The van der Waals surface area contributed by atoms with E-state index in [2.05, 4.69) is 27.9 Å². The molecule has 8 heteroatoms. The molecule has 0 spiro atoms. The van der Waals surface area contributed by atoms with Crippen molar-refractivity contribution in [3.63, 3.8) is 0 Å². The van der Waals surface area contributed by atoms with Crippen LogP contribution in [-0.2, 0) is 17.4 Å². The standard InChI is InChI=1S/C17H14F3IN2O2/c18-17(19,20)12-3-1-2-11(9-12)16(25)23-14(15(22)24)8-10-4-6-13(21)7-5-10/h1-7,9,14H,8H2,(H2,22,24)(H,23,25)/t14-/m1/s1. The van der Waals surface area contributed by atoms with Gasteiger partial charge < -0.3 is 11.1 Å². The van der Waals surface area contributed by atoms with Crippen LogP contribution < -0.4 is 11.1 Å². The van der Waals surface area contributed by atoms with E-state index in [0.717, 1.165) is 27.3 Å². The van der Waals surface area contributed by atoms with Crippen molar-refractivity contribution in [2.24, 2.45) is 5.73 Å². The molecule has 0 saturated carbocycles. The Morgan fingerprint density at radius 3 is 2.32 bits per heavy atom. The second kappa shape index (κ2) is 7.85. The average Bonchev–Trinajstić information content (AvgIpc) is 2.55. The van der Waals surface area contributed by atoms with Crippen molar-refractivity contribution >= 4 is 34.4 Å². The van der Waals surface area contributed by atoms with Crippen molar-refractivity contribution in [1.29, 1.82) is 0 Å². The summed E-state index contributed by atoms with van der Waals surface area (Å²) in [6.45, 7) is 0. The van der Waals surface area contributed by atoms with Crippen molar-refractivity contribution in [3.05, 3.63) is 68.8 Å². The average molecular weight is 462 g/mol. The summed E-state index contributed by atoms with van der Waals surface area (Å²) >= 11 is 2.13. The third-order valence-corrected chi connectivity index (χ3v) is 4.17. The molecule has 0 fully saturated rings. The summed E-state index contributed by atoms with van der Waals surface area (Å²) in [5.41, 5.74) is 4.95. The molecular formula is C17H14F3IN2O2. The summed E-state index contributed by atoms with van der Waals surface area (Å²) in [6.07, 6.45) is -4.41. The topological polar surface area (TPSA) is 72.2 Å². The van der Waals surface area contributed by atoms with Crippen LogP contribution in [-0.4, -0.2) is 17.9 Å². The van der Waals surface area contributed by atoms with Crippen LogP contribution >= 0.6 is 22.6 Å². The molecule has 2 amide bonds. The molecule has 0 unspecified atom stereocenters. The molecule has 132 valence electrons. The van der Waals surface area contributed by atoms with Gasteiger partial charge >= 0.3 is 6.18 Å². The van der Waals surface area contributed by atoms with Crippen LogP contribution in [0.1, 0.15) is 21.5 Å². The minimum Gasteiger partial charge on any atom is -0.368 e. The lowest BCUT2D eigenvalue weighted by Crippen LogP contribution is -2.45. The Balaban J connectivity index is 2.15. The summed E-state index contributed by atoms with van der Waals surface area (Å²) in [4.78, 5) is 23.8. The minimum atomic E-state index is -4.55. The SMILES string of the molecule is NC(=O)[C@@H](Cc1ccc(I)cc1)NC(=O)c1cccc(C(F)(F)F)c1. The fraction of sp³-hybridized carbons (Fsp3) is 0.176. The lowest BCUT2D eigenvalue weighted by atomic mass is 10.0. The first-order valence-corrected chi connectivity index (χ1v) is 8.26. The molecular weight excluding hydrogens is 448 g/mol. The number of amides is 2. The lowest BCUT2D eigenvalue weighted by Gasteiger charge is -2.16. The maximum atomic E-state index is 12.7. The van der Waals surface area contributed by atoms with E-state index in [0.29, 0.717) is 0 Å². The Labute approximate surface area is 155 Å². The number of hydrogen-bond donors (Lipinski definition) is 2. The van der Waals surface area contributed by atoms with Gasteiger partial charge in [-0.3, -0.25) is 9.59 Å². The van der Waals surface area contributed by atoms with Gasteiger partial charge in [-0.15, -0.1) is 0 Å². The van der Waals surface area contributed by atoms with Gasteiger partial charge in [-0.25, -0.2) is 0 Å². The van der Waals surface area contributed by atoms with Crippen LogP contribution in [0.4, 0.5) is 13.2 Å². The van der Waals surface area contributed by atoms with Gasteiger partial charge in [0.05, 0.1) is 5.56 Å². The molecule has 0 saturated heterocycles. The number of hydrogen-bond acceptors (Lipinski definition) is 2. The molecule has 0 heterocycles. The smallest absolute Gasteiger partial charge is 0.368 e. The Morgan fingerprint density at radius 2 is 1.76 bits per heavy atom. The largest absolute Gasteiger partial charge is 0.416 e. The first-order chi connectivity index (χ1) is 11.7. The quantitative estimate of drug-likeness (QED) is 0.671. The monoisotopic (exact) mass is 462 g/mol. The van der Waals surface area contributed by atoms with E-state index in [-0.39, 0.29) is 12.0 Å². The number of alkyl halides is 3. The van der Waals surface area contributed by atoms with Crippen LogP contribution in [0.5, 0.6) is 0 Å². The normalized spacial score (nSPS) is 12.5. The second-order valence-corrected chi connectivity index (χ2v) is 6.58. The molecule has 0 aliphatic heterocycles. The van der Waals surface area contributed by atoms with E-state index in [1.54, 1.807) is 12.1 Å². The second-order valence-electron chi connectivity index (χ2n) is 5.34. The van der Waals surface area contributed by atoms with E-state index in [9.17, 15) is 22.8 Å². The Kier molecular flexibility index (Phi) is 6.04. The van der Waals surface area contributed by atoms with Crippen molar-refractivity contribution < 1.29 is 22.8 Å². The molecule has 0 aliphatic carbocycles. The van der Waals surface area contributed by atoms with Gasteiger partial charge in [-0.05, 0) is 58.5 Å². The molecule has 0 aromatic heterocycles. The third kappa shape index (κ3) is 5.45. The van der Waals surface area contributed by atoms with Crippen LogP contribution in [0, 0.1) is 3.57 Å². The molecule has 0 aliphatic rings. The predicted molar refractivity (Wildman–Crippen MR) is 94.8 cm³/mol. The van der Waals surface area contributed by atoms with Gasteiger partial charge in [0.1, 0.15) is 6.04 Å². The van der Waals surface area contributed by atoms with Crippen molar-refractivity contribution in [2.45, 2.75) is 18.6 Å². The number of halogens is 4. The fourth-order valence-electron chi connectivity index (χ4n) is 2.16. The number of nitrogens with one attached hydrogen (secondary N) is 1. The lowest BCUT2D eigenvalue weighted by molar-refractivity contribution is -0.137. The highest BCUT2D eigenvalue weighted by molar-refractivity contribution is 14.1. The molecule has 0 radical (unpaired) electrons. The molecule has 2 aromatic rings. The van der Waals surface area contributed by atoms with Crippen molar-refractivity contribution in [1.82, 2.24) is 5.32 Å². The van der Waals surface area contributed by atoms with Crippen LogP contribution in [0.15, 0.2) is 48.5 Å². The zero-order valence-electron chi connectivity index (χ0n) is 12.8. The van der Waals surface area contributed by atoms with Gasteiger partial charge in [0.2, 0.25) is 5.91 Å². The first-order valence-electron chi connectivity index (χ1n) is 7.18. The van der Waals surface area contributed by atoms with Gasteiger partial charge in [0.15, 0.2) is 0 Å². The van der Waals surface area contributed by atoms with Gasteiger partial charge in [-0.1, -0.05) is 18.2 Å². The third-order valence-electron chi connectivity index (χ3n) is 3.45. The number of carbonyl (C=O) groups is 2. The van der Waals surface area contributed by atoms with Crippen LogP contribution in [0.3, 0.4) is 0 Å². The molecule has 25 heavy (non-hydrogen) atoms. The minimum absolute atomic E-state index is 0.150. The summed E-state index contributed by atoms with van der Waals surface area (Å²) in [7, 11) is 0. The summed E-state index contributed by atoms with van der Waals surface area (Å²) < 4.78 is 39.2. The van der Waals surface area contributed by atoms with E-state index in [4.69, 9.17) is 5.73 Å². The molecule has 4 nitrogen and oxygen atoms in total. The Hall–Kier alpha value is -2.10. The Bertz CT molecular complexity index is 776. The maximum Gasteiger partial charge on any atom is 0.416 e. The van der Waals surface area contributed by atoms with E-state index in [1.165, 1.54) is 6.07 Å². The summed E-state index contributed by atoms with van der Waals surface area (Å²) in [6, 6.07) is 10.2. The molecule has 3 N–H and O–H groups in total. The molecule has 2 rings (SSSR count). The summed E-state index contributed by atoms with van der Waals surface area (Å²) in [5.74, 6) is -1.56. The number of nitrogens with two attached hydrogens (primary N) is 1. The zero-order valence-corrected chi connectivity index (χ0v) is 15.0. The van der Waals surface area contributed by atoms with Gasteiger partial charge in [0, 0.05) is 15.6 Å². The van der Waals surface area contributed by atoms with Crippen molar-refractivity contribution in [3.8, 4) is 0 Å². The highest BCUT2D eigenvalue weighted by Gasteiger charge is 2.31. The van der Waals surface area contributed by atoms with Gasteiger partial charge in [-0.2, -0.15) is 13.2 Å². The molecule has 0 bridgehead atoms. The Morgan fingerprint density at radius 1 is 1.12 bits per heavy atom. The number of primary amides is 1. The van der Waals surface area contributed by atoms with E-state index in [1.807, 2.05) is 12.1 Å². The van der Waals surface area contributed by atoms with Gasteiger partial charge in [0.25, 0.3) is 5.91 Å². The zero-order chi connectivity index (χ0) is 18.6. The molecule has 2 aromatic carbocycles. The maximum absolute atomic E-state index is 12.7. The highest BCUT2D eigenvalue weighted by atomic mass is 127. The number of rotatable bonds is 5. The van der Waals surface area contributed by atoms with E-state index >= 15 is 0 Å². The van der Waals surface area contributed by atoms with Crippen molar-refractivity contribution in [2.75, 3.05) is 0 Å².